The predicted octanol–water partition coefficient (Wildman–Crippen LogP) is 1.65. The number of carbonyl (C=O) groups is 1. The van der Waals surface area contributed by atoms with E-state index in [9.17, 15) is 9.90 Å². The number of aliphatic hydroxyl groups is 1. The van der Waals surface area contributed by atoms with E-state index in [-0.39, 0.29) is 12.2 Å². The first-order valence-corrected chi connectivity index (χ1v) is 7.22. The molecule has 0 saturated heterocycles. The largest absolute Gasteiger partial charge is 0.444 e. The number of nitrogens with one attached hydrogen (secondary N) is 2. The normalized spacial score (nSPS) is 24.0. The fraction of sp³-hybridized carbons (Fsp3) is 0.929. The summed E-state index contributed by atoms with van der Waals surface area (Å²) >= 11 is 0. The fourth-order valence-electron chi connectivity index (χ4n) is 2.32. The van der Waals surface area contributed by atoms with Gasteiger partial charge in [0.15, 0.2) is 0 Å². The highest BCUT2D eigenvalue weighted by Crippen LogP contribution is 2.23. The average molecular weight is 272 g/mol. The van der Waals surface area contributed by atoms with Crippen molar-refractivity contribution in [3.8, 4) is 0 Å². The van der Waals surface area contributed by atoms with E-state index in [2.05, 4.69) is 10.6 Å². The van der Waals surface area contributed by atoms with Crippen molar-refractivity contribution in [2.75, 3.05) is 19.6 Å². The molecule has 1 rings (SSSR count). The summed E-state index contributed by atoms with van der Waals surface area (Å²) in [5, 5.41) is 15.6. The molecule has 0 aromatic carbocycles. The van der Waals surface area contributed by atoms with Gasteiger partial charge in [0.1, 0.15) is 5.60 Å². The summed E-state index contributed by atoms with van der Waals surface area (Å²) < 4.78 is 5.14. The lowest BCUT2D eigenvalue weighted by Gasteiger charge is -2.26. The van der Waals surface area contributed by atoms with Crippen LogP contribution in [-0.4, -0.2) is 42.5 Å². The van der Waals surface area contributed by atoms with Gasteiger partial charge in [0.05, 0.1) is 6.10 Å². The lowest BCUT2D eigenvalue weighted by molar-refractivity contribution is 0.0528. The maximum Gasteiger partial charge on any atom is 0.407 e. The maximum absolute atomic E-state index is 11.4. The van der Waals surface area contributed by atoms with Gasteiger partial charge in [-0.1, -0.05) is 6.42 Å². The molecule has 1 saturated carbocycles. The van der Waals surface area contributed by atoms with Crippen LogP contribution in [0, 0.1) is 5.92 Å². The first-order chi connectivity index (χ1) is 8.87. The third-order valence-corrected chi connectivity index (χ3v) is 3.16. The molecule has 0 bridgehead atoms. The van der Waals surface area contributed by atoms with E-state index < -0.39 is 5.60 Å². The molecule has 2 atom stereocenters. The van der Waals surface area contributed by atoms with Crippen LogP contribution in [0.15, 0.2) is 0 Å². The molecule has 0 aliphatic heterocycles. The van der Waals surface area contributed by atoms with Gasteiger partial charge >= 0.3 is 6.09 Å². The third-order valence-electron chi connectivity index (χ3n) is 3.16. The van der Waals surface area contributed by atoms with Crippen LogP contribution in [0.5, 0.6) is 0 Å². The number of amides is 1. The maximum atomic E-state index is 11.4. The quantitative estimate of drug-likeness (QED) is 0.666. The number of hydrogen-bond acceptors (Lipinski definition) is 4. The summed E-state index contributed by atoms with van der Waals surface area (Å²) in [6, 6.07) is 0. The average Bonchev–Trinajstić information content (AvgIpc) is 2.26. The van der Waals surface area contributed by atoms with E-state index in [0.717, 1.165) is 32.4 Å². The van der Waals surface area contributed by atoms with E-state index in [1.807, 2.05) is 20.8 Å². The molecule has 5 heteroatoms. The van der Waals surface area contributed by atoms with Gasteiger partial charge < -0.3 is 20.5 Å². The van der Waals surface area contributed by atoms with Gasteiger partial charge in [0, 0.05) is 13.1 Å². The lowest BCUT2D eigenvalue weighted by Crippen LogP contribution is -2.38. The first kappa shape index (κ1) is 16.2. The number of carbonyl (C=O) groups excluding carboxylic acids is 1. The van der Waals surface area contributed by atoms with E-state index >= 15 is 0 Å². The number of hydrogen-bond donors (Lipinski definition) is 3. The second-order valence-corrected chi connectivity index (χ2v) is 6.32. The number of aliphatic hydroxyl groups excluding tert-OH is 1. The van der Waals surface area contributed by atoms with Gasteiger partial charge in [-0.15, -0.1) is 0 Å². The van der Waals surface area contributed by atoms with Gasteiger partial charge in [-0.2, -0.15) is 0 Å². The summed E-state index contributed by atoms with van der Waals surface area (Å²) in [5.74, 6) is 0.560. The summed E-state index contributed by atoms with van der Waals surface area (Å²) in [4.78, 5) is 11.4. The Kier molecular flexibility index (Phi) is 6.58. The van der Waals surface area contributed by atoms with Crippen molar-refractivity contribution >= 4 is 6.09 Å². The molecule has 1 amide bonds. The number of rotatable bonds is 5. The molecular formula is C14H28N2O3. The molecule has 0 aromatic heterocycles. The van der Waals surface area contributed by atoms with Crippen LogP contribution in [0.3, 0.4) is 0 Å². The van der Waals surface area contributed by atoms with Gasteiger partial charge in [-0.25, -0.2) is 4.79 Å². The summed E-state index contributed by atoms with van der Waals surface area (Å²) in [6.45, 7) is 7.74. The zero-order valence-electron chi connectivity index (χ0n) is 12.4. The smallest absolute Gasteiger partial charge is 0.407 e. The third kappa shape index (κ3) is 8.06. The Bertz CT molecular complexity index is 276. The molecule has 0 spiro atoms. The molecule has 0 aromatic rings. The van der Waals surface area contributed by atoms with Gasteiger partial charge in [0.25, 0.3) is 0 Å². The summed E-state index contributed by atoms with van der Waals surface area (Å²) in [5.41, 5.74) is -0.449. The topological polar surface area (TPSA) is 70.6 Å². The molecular weight excluding hydrogens is 244 g/mol. The minimum Gasteiger partial charge on any atom is -0.444 e. The monoisotopic (exact) mass is 272 g/mol. The Balaban J connectivity index is 2.00. The Morgan fingerprint density at radius 2 is 2.05 bits per heavy atom. The van der Waals surface area contributed by atoms with Crippen LogP contribution in [0.4, 0.5) is 4.79 Å². The fourth-order valence-corrected chi connectivity index (χ4v) is 2.32. The minimum atomic E-state index is -0.449. The number of alkyl carbamates (subject to hydrolysis) is 1. The molecule has 1 fully saturated rings. The Hall–Kier alpha value is -0.810. The molecule has 1 aliphatic rings. The highest BCUT2D eigenvalue weighted by Gasteiger charge is 2.19. The summed E-state index contributed by atoms with van der Waals surface area (Å²) in [7, 11) is 0. The van der Waals surface area contributed by atoms with Gasteiger partial charge in [0.2, 0.25) is 0 Å². The van der Waals surface area contributed by atoms with E-state index in [1.54, 1.807) is 0 Å². The number of ether oxygens (including phenoxy) is 1. The second kappa shape index (κ2) is 7.70. The highest BCUT2D eigenvalue weighted by molar-refractivity contribution is 5.67. The van der Waals surface area contributed by atoms with Crippen molar-refractivity contribution in [2.24, 2.45) is 5.92 Å². The van der Waals surface area contributed by atoms with Crippen molar-refractivity contribution in [3.63, 3.8) is 0 Å². The van der Waals surface area contributed by atoms with Crippen molar-refractivity contribution < 1.29 is 14.6 Å². The molecule has 3 N–H and O–H groups in total. The van der Waals surface area contributed by atoms with Crippen molar-refractivity contribution in [2.45, 2.75) is 58.2 Å². The van der Waals surface area contributed by atoms with Crippen molar-refractivity contribution in [1.82, 2.24) is 10.6 Å². The zero-order valence-corrected chi connectivity index (χ0v) is 12.4. The molecule has 112 valence electrons. The van der Waals surface area contributed by atoms with Crippen LogP contribution in [0.25, 0.3) is 0 Å². The molecule has 2 unspecified atom stereocenters. The minimum absolute atomic E-state index is 0.125. The van der Waals surface area contributed by atoms with Crippen LogP contribution >= 0.6 is 0 Å². The van der Waals surface area contributed by atoms with E-state index in [1.165, 1.54) is 6.42 Å². The van der Waals surface area contributed by atoms with E-state index in [0.29, 0.717) is 12.5 Å². The standard InChI is InChI=1S/C14H28N2O3/c1-14(2,3)19-13(18)16-8-7-15-10-11-5-4-6-12(17)9-11/h11-12,15,17H,4-10H2,1-3H3,(H,16,18). The second-order valence-electron chi connectivity index (χ2n) is 6.32. The van der Waals surface area contributed by atoms with Crippen LogP contribution in [0.2, 0.25) is 0 Å². The predicted molar refractivity (Wildman–Crippen MR) is 75.1 cm³/mol. The molecule has 19 heavy (non-hydrogen) atoms. The molecule has 0 radical (unpaired) electrons. The lowest BCUT2D eigenvalue weighted by atomic mass is 9.87. The SMILES string of the molecule is CC(C)(C)OC(=O)NCCNCC1CCCC(O)C1. The van der Waals surface area contributed by atoms with Crippen molar-refractivity contribution in [3.05, 3.63) is 0 Å². The zero-order chi connectivity index (χ0) is 14.3. The Morgan fingerprint density at radius 3 is 2.68 bits per heavy atom. The van der Waals surface area contributed by atoms with Crippen molar-refractivity contribution in [1.29, 1.82) is 0 Å². The highest BCUT2D eigenvalue weighted by atomic mass is 16.6. The summed E-state index contributed by atoms with van der Waals surface area (Å²) in [6.07, 6.45) is 3.64. The van der Waals surface area contributed by atoms with Crippen LogP contribution < -0.4 is 10.6 Å². The van der Waals surface area contributed by atoms with Gasteiger partial charge in [-0.05, 0) is 52.5 Å². The molecule has 1 aliphatic carbocycles. The first-order valence-electron chi connectivity index (χ1n) is 7.22. The molecule has 0 heterocycles. The molecule has 5 nitrogen and oxygen atoms in total. The van der Waals surface area contributed by atoms with Crippen LogP contribution in [0.1, 0.15) is 46.5 Å². The Labute approximate surface area is 116 Å². The van der Waals surface area contributed by atoms with E-state index in [4.69, 9.17) is 4.74 Å². The Morgan fingerprint density at radius 1 is 1.32 bits per heavy atom. The van der Waals surface area contributed by atoms with Crippen LogP contribution in [-0.2, 0) is 4.74 Å². The van der Waals surface area contributed by atoms with Gasteiger partial charge in [-0.3, -0.25) is 0 Å².